The summed E-state index contributed by atoms with van der Waals surface area (Å²) in [5, 5.41) is 13.4. The Morgan fingerprint density at radius 2 is 1.79 bits per heavy atom. The van der Waals surface area contributed by atoms with Gasteiger partial charge in [0.05, 0.1) is 6.04 Å². The number of carbonyl (C=O) groups excluding carboxylic acids is 1. The molecule has 196 valence electrons. The number of aliphatic carboxylic acids is 1. The first-order valence-electron chi connectivity index (χ1n) is 13.2. The first-order chi connectivity index (χ1) is 18.2. The SMILES string of the molecule is Cc1c(Cc2cccc(OC(C)C(=O)O)c2)c2ccc(C(=O)N[C@@H](C)c3ccc(C4CC4)cc3)cc2n1C. The number of carboxylic acid groups (broad SMARTS) is 1. The first-order valence-corrected chi connectivity index (χ1v) is 13.2. The lowest BCUT2D eigenvalue weighted by molar-refractivity contribution is -0.144. The Morgan fingerprint density at radius 3 is 2.47 bits per heavy atom. The van der Waals surface area contributed by atoms with Crippen LogP contribution in [0.5, 0.6) is 5.75 Å². The van der Waals surface area contributed by atoms with Crippen molar-refractivity contribution < 1.29 is 19.4 Å². The van der Waals surface area contributed by atoms with Gasteiger partial charge in [0.1, 0.15) is 5.75 Å². The van der Waals surface area contributed by atoms with Crippen LogP contribution in [0.25, 0.3) is 10.9 Å². The van der Waals surface area contributed by atoms with Gasteiger partial charge in [-0.25, -0.2) is 4.79 Å². The number of carboxylic acids is 1. The van der Waals surface area contributed by atoms with E-state index in [1.54, 1.807) is 6.07 Å². The van der Waals surface area contributed by atoms with Gasteiger partial charge < -0.3 is 19.7 Å². The zero-order chi connectivity index (χ0) is 27.0. The van der Waals surface area contributed by atoms with Crippen molar-refractivity contribution >= 4 is 22.8 Å². The summed E-state index contributed by atoms with van der Waals surface area (Å²) in [4.78, 5) is 24.3. The number of hydrogen-bond donors (Lipinski definition) is 2. The number of aromatic nitrogens is 1. The van der Waals surface area contributed by atoms with Gasteiger partial charge in [-0.3, -0.25) is 4.79 Å². The van der Waals surface area contributed by atoms with Crippen molar-refractivity contribution in [2.45, 2.75) is 58.1 Å². The van der Waals surface area contributed by atoms with Crippen molar-refractivity contribution in [2.75, 3.05) is 0 Å². The number of nitrogens with one attached hydrogen (secondary N) is 1. The van der Waals surface area contributed by atoms with Crippen LogP contribution in [0.2, 0.25) is 0 Å². The molecule has 0 aliphatic heterocycles. The van der Waals surface area contributed by atoms with Crippen molar-refractivity contribution in [3.05, 3.63) is 100 Å². The lowest BCUT2D eigenvalue weighted by atomic mass is 10.0. The molecule has 0 radical (unpaired) electrons. The molecule has 2 atom stereocenters. The summed E-state index contributed by atoms with van der Waals surface area (Å²) in [6, 6.07) is 21.9. The molecule has 1 aliphatic carbocycles. The molecule has 6 heteroatoms. The average molecular weight is 511 g/mol. The normalized spacial score (nSPS) is 14.7. The predicted octanol–water partition coefficient (Wildman–Crippen LogP) is 6.30. The maximum Gasteiger partial charge on any atom is 0.344 e. The summed E-state index contributed by atoms with van der Waals surface area (Å²) < 4.78 is 7.67. The van der Waals surface area contributed by atoms with E-state index < -0.39 is 12.1 Å². The van der Waals surface area contributed by atoms with E-state index in [9.17, 15) is 9.59 Å². The number of nitrogens with zero attached hydrogens (tertiary/aromatic N) is 1. The zero-order valence-electron chi connectivity index (χ0n) is 22.3. The Morgan fingerprint density at radius 1 is 1.05 bits per heavy atom. The van der Waals surface area contributed by atoms with Crippen LogP contribution in [0.15, 0.2) is 66.7 Å². The molecule has 1 unspecified atom stereocenters. The summed E-state index contributed by atoms with van der Waals surface area (Å²) in [7, 11) is 2.01. The van der Waals surface area contributed by atoms with Crippen LogP contribution in [0.1, 0.15) is 77.0 Å². The van der Waals surface area contributed by atoms with Gasteiger partial charge >= 0.3 is 5.97 Å². The molecule has 0 spiro atoms. The molecule has 5 rings (SSSR count). The van der Waals surface area contributed by atoms with Crippen LogP contribution in [0, 0.1) is 6.92 Å². The van der Waals surface area contributed by atoms with Gasteiger partial charge in [0.25, 0.3) is 5.91 Å². The summed E-state index contributed by atoms with van der Waals surface area (Å²) in [5.41, 5.74) is 7.43. The zero-order valence-corrected chi connectivity index (χ0v) is 22.3. The minimum Gasteiger partial charge on any atom is -0.479 e. The average Bonchev–Trinajstić information content (AvgIpc) is 3.73. The number of fused-ring (bicyclic) bond motifs is 1. The molecule has 3 aromatic carbocycles. The number of carbonyl (C=O) groups is 2. The van der Waals surface area contributed by atoms with Crippen LogP contribution >= 0.6 is 0 Å². The minimum absolute atomic E-state index is 0.0875. The molecule has 1 saturated carbocycles. The standard InChI is InChI=1S/C32H34N2O4/c1-19(23-8-10-24(11-9-23)25-12-13-25)33-31(35)26-14-15-28-29(20(2)34(4)30(28)18-26)17-22-6-5-7-27(16-22)38-21(3)32(36)37/h5-11,14-16,18-19,21,25H,12-13,17H2,1-4H3,(H,33,35)(H,36,37)/t19-,21?/m0/s1. The number of aryl methyl sites for hydroxylation is 1. The van der Waals surface area contributed by atoms with E-state index >= 15 is 0 Å². The molecular formula is C32H34N2O4. The molecule has 1 amide bonds. The van der Waals surface area contributed by atoms with Gasteiger partial charge in [0, 0.05) is 29.2 Å². The van der Waals surface area contributed by atoms with Crippen LogP contribution in [-0.4, -0.2) is 27.7 Å². The molecule has 38 heavy (non-hydrogen) atoms. The molecular weight excluding hydrogens is 476 g/mol. The summed E-state index contributed by atoms with van der Waals surface area (Å²) in [5.74, 6) is 0.159. The van der Waals surface area contributed by atoms with Gasteiger partial charge in [-0.15, -0.1) is 0 Å². The largest absolute Gasteiger partial charge is 0.479 e. The Labute approximate surface area is 223 Å². The number of ether oxygens (including phenoxy) is 1. The monoisotopic (exact) mass is 510 g/mol. The predicted molar refractivity (Wildman–Crippen MR) is 149 cm³/mol. The maximum absolute atomic E-state index is 13.1. The highest BCUT2D eigenvalue weighted by Crippen LogP contribution is 2.40. The minimum atomic E-state index is -0.999. The second-order valence-corrected chi connectivity index (χ2v) is 10.4. The third kappa shape index (κ3) is 5.30. The van der Waals surface area contributed by atoms with E-state index in [1.165, 1.54) is 30.9 Å². The number of hydrogen-bond acceptors (Lipinski definition) is 3. The van der Waals surface area contributed by atoms with Crippen LogP contribution in [-0.2, 0) is 18.3 Å². The Kier molecular flexibility index (Phi) is 6.98. The fourth-order valence-corrected chi connectivity index (χ4v) is 5.03. The van der Waals surface area contributed by atoms with Gasteiger partial charge in [-0.1, -0.05) is 42.5 Å². The van der Waals surface area contributed by atoms with E-state index in [0.717, 1.165) is 33.6 Å². The molecule has 1 aliphatic rings. The molecule has 1 aromatic heterocycles. The van der Waals surface area contributed by atoms with Gasteiger partial charge in [0.2, 0.25) is 0 Å². The second-order valence-electron chi connectivity index (χ2n) is 10.4. The van der Waals surface area contributed by atoms with Crippen molar-refractivity contribution in [1.29, 1.82) is 0 Å². The van der Waals surface area contributed by atoms with Crippen molar-refractivity contribution in [2.24, 2.45) is 7.05 Å². The fraction of sp³-hybridized carbons (Fsp3) is 0.312. The van der Waals surface area contributed by atoms with Crippen LogP contribution < -0.4 is 10.1 Å². The Balaban J connectivity index is 1.34. The van der Waals surface area contributed by atoms with E-state index in [4.69, 9.17) is 9.84 Å². The van der Waals surface area contributed by atoms with E-state index in [0.29, 0.717) is 17.7 Å². The topological polar surface area (TPSA) is 80.6 Å². The van der Waals surface area contributed by atoms with Crippen molar-refractivity contribution in [1.82, 2.24) is 9.88 Å². The molecule has 1 fully saturated rings. The lowest BCUT2D eigenvalue weighted by Crippen LogP contribution is -2.26. The second kappa shape index (κ2) is 10.4. The Hall–Kier alpha value is -4.06. The lowest BCUT2D eigenvalue weighted by Gasteiger charge is -2.15. The summed E-state index contributed by atoms with van der Waals surface area (Å²) in [6.07, 6.45) is 2.31. The molecule has 1 heterocycles. The maximum atomic E-state index is 13.1. The van der Waals surface area contributed by atoms with Crippen LogP contribution in [0.4, 0.5) is 0 Å². The van der Waals surface area contributed by atoms with Crippen molar-refractivity contribution in [3.63, 3.8) is 0 Å². The smallest absolute Gasteiger partial charge is 0.344 e. The Bertz CT molecular complexity index is 1500. The quantitative estimate of drug-likeness (QED) is 0.277. The van der Waals surface area contributed by atoms with E-state index in [1.807, 2.05) is 50.4 Å². The molecule has 0 bridgehead atoms. The van der Waals surface area contributed by atoms with E-state index in [2.05, 4.69) is 41.1 Å². The van der Waals surface area contributed by atoms with Crippen LogP contribution in [0.3, 0.4) is 0 Å². The number of benzene rings is 3. The number of amides is 1. The fourth-order valence-electron chi connectivity index (χ4n) is 5.03. The molecule has 2 N–H and O–H groups in total. The van der Waals surface area contributed by atoms with Gasteiger partial charge in [-0.05, 0) is 92.5 Å². The van der Waals surface area contributed by atoms with Gasteiger partial charge in [0.15, 0.2) is 6.10 Å². The van der Waals surface area contributed by atoms with Gasteiger partial charge in [-0.2, -0.15) is 0 Å². The highest BCUT2D eigenvalue weighted by atomic mass is 16.5. The third-order valence-electron chi connectivity index (χ3n) is 7.66. The van der Waals surface area contributed by atoms with Crippen molar-refractivity contribution in [3.8, 4) is 5.75 Å². The summed E-state index contributed by atoms with van der Waals surface area (Å²) in [6.45, 7) is 5.61. The molecule has 4 aromatic rings. The highest BCUT2D eigenvalue weighted by molar-refractivity contribution is 5.99. The first kappa shape index (κ1) is 25.6. The number of rotatable bonds is 9. The summed E-state index contributed by atoms with van der Waals surface area (Å²) >= 11 is 0. The molecule has 0 saturated heterocycles. The highest BCUT2D eigenvalue weighted by Gasteiger charge is 2.23. The third-order valence-corrected chi connectivity index (χ3v) is 7.66. The molecule has 6 nitrogen and oxygen atoms in total. The van der Waals surface area contributed by atoms with E-state index in [-0.39, 0.29) is 11.9 Å².